The van der Waals surface area contributed by atoms with E-state index in [4.69, 9.17) is 20.9 Å². The Morgan fingerprint density at radius 3 is 2.83 bits per heavy atom. The number of nitrogens with one attached hydrogen (secondary N) is 2. The van der Waals surface area contributed by atoms with E-state index >= 15 is 0 Å². The number of piperidine rings is 1. The average Bonchev–Trinajstić information content (AvgIpc) is 3.25. The van der Waals surface area contributed by atoms with Crippen LogP contribution < -0.4 is 10.1 Å². The van der Waals surface area contributed by atoms with Crippen LogP contribution in [0.4, 0.5) is 0 Å². The molecule has 1 aliphatic rings. The third kappa shape index (κ3) is 3.13. The normalized spacial score (nSPS) is 17.8. The molecule has 3 heterocycles. The summed E-state index contributed by atoms with van der Waals surface area (Å²) < 4.78 is 11.2. The maximum Gasteiger partial charge on any atom is 0.277 e. The van der Waals surface area contributed by atoms with Gasteiger partial charge in [0.1, 0.15) is 17.5 Å². The van der Waals surface area contributed by atoms with Crippen LogP contribution in [0.3, 0.4) is 0 Å². The number of nitrogens with zero attached hydrogens (tertiary/aromatic N) is 3. The molecule has 1 aliphatic heterocycles. The summed E-state index contributed by atoms with van der Waals surface area (Å²) in [5, 5.41) is 14.3. The summed E-state index contributed by atoms with van der Waals surface area (Å²) in [5.74, 6) is 1.63. The van der Waals surface area contributed by atoms with Gasteiger partial charge in [-0.25, -0.2) is 0 Å². The van der Waals surface area contributed by atoms with Crippen molar-refractivity contribution >= 4 is 11.6 Å². The zero-order chi connectivity index (χ0) is 16.4. The third-order valence-corrected chi connectivity index (χ3v) is 4.19. The highest BCUT2D eigenvalue weighted by molar-refractivity contribution is 6.32. The molecule has 3 aromatic rings. The van der Waals surface area contributed by atoms with E-state index in [9.17, 15) is 0 Å². The van der Waals surface area contributed by atoms with E-state index in [0.29, 0.717) is 22.4 Å². The van der Waals surface area contributed by atoms with E-state index in [1.807, 2.05) is 24.3 Å². The van der Waals surface area contributed by atoms with Crippen molar-refractivity contribution in [1.29, 1.82) is 0 Å². The van der Waals surface area contributed by atoms with Crippen LogP contribution in [0.25, 0.3) is 23.0 Å². The molecule has 0 aliphatic carbocycles. The zero-order valence-corrected chi connectivity index (χ0v) is 13.6. The number of rotatable bonds is 4. The second-order valence-electron chi connectivity index (χ2n) is 5.63. The van der Waals surface area contributed by atoms with Gasteiger partial charge in [-0.05, 0) is 43.7 Å². The molecule has 0 bridgehead atoms. The summed E-state index contributed by atoms with van der Waals surface area (Å²) in [6.45, 7) is 1.96. The molecule has 0 amide bonds. The van der Waals surface area contributed by atoms with E-state index in [0.717, 1.165) is 37.2 Å². The molecule has 1 saturated heterocycles. The molecule has 124 valence electrons. The highest BCUT2D eigenvalue weighted by Crippen LogP contribution is 2.27. The van der Waals surface area contributed by atoms with Crippen LogP contribution in [0.5, 0.6) is 5.75 Å². The van der Waals surface area contributed by atoms with Gasteiger partial charge in [0, 0.05) is 12.1 Å². The molecule has 1 aromatic carbocycles. The quantitative estimate of drug-likeness (QED) is 0.755. The topological polar surface area (TPSA) is 88.9 Å². The highest BCUT2D eigenvalue weighted by Gasteiger charge is 2.16. The second-order valence-corrected chi connectivity index (χ2v) is 6.03. The highest BCUT2D eigenvalue weighted by atomic mass is 35.5. The van der Waals surface area contributed by atoms with Crippen LogP contribution >= 0.6 is 11.6 Å². The Morgan fingerprint density at radius 1 is 1.25 bits per heavy atom. The molecule has 1 atom stereocenters. The van der Waals surface area contributed by atoms with E-state index in [1.54, 1.807) is 0 Å². The van der Waals surface area contributed by atoms with Crippen molar-refractivity contribution in [2.45, 2.75) is 18.9 Å². The summed E-state index contributed by atoms with van der Waals surface area (Å²) in [4.78, 5) is 4.34. The second kappa shape index (κ2) is 6.62. The minimum atomic E-state index is 0.226. The van der Waals surface area contributed by atoms with Crippen LogP contribution in [0.2, 0.25) is 5.02 Å². The van der Waals surface area contributed by atoms with Gasteiger partial charge in [0.2, 0.25) is 5.82 Å². The molecule has 7 nitrogen and oxygen atoms in total. The Bertz CT molecular complexity index is 808. The van der Waals surface area contributed by atoms with Gasteiger partial charge < -0.3 is 14.6 Å². The van der Waals surface area contributed by atoms with Gasteiger partial charge in [-0.2, -0.15) is 10.1 Å². The maximum absolute atomic E-state index is 6.00. The van der Waals surface area contributed by atoms with Crippen molar-refractivity contribution in [3.05, 3.63) is 35.5 Å². The van der Waals surface area contributed by atoms with Crippen LogP contribution in [-0.2, 0) is 0 Å². The number of hydrogen-bond donors (Lipinski definition) is 2. The summed E-state index contributed by atoms with van der Waals surface area (Å²) in [6.07, 6.45) is 3.94. The van der Waals surface area contributed by atoms with Crippen molar-refractivity contribution in [3.8, 4) is 28.7 Å². The lowest BCUT2D eigenvalue weighted by Crippen LogP contribution is -2.37. The molecule has 4 rings (SSSR count). The first-order valence-electron chi connectivity index (χ1n) is 7.80. The smallest absolute Gasteiger partial charge is 0.277 e. The first-order valence-corrected chi connectivity index (χ1v) is 8.18. The number of aromatic amines is 1. The molecular formula is C16H16ClN5O2. The predicted molar refractivity (Wildman–Crippen MR) is 88.8 cm³/mol. The van der Waals surface area contributed by atoms with E-state index in [2.05, 4.69) is 25.7 Å². The molecule has 2 aromatic heterocycles. The van der Waals surface area contributed by atoms with Crippen molar-refractivity contribution < 1.29 is 9.26 Å². The van der Waals surface area contributed by atoms with Crippen molar-refractivity contribution in [1.82, 2.24) is 25.7 Å². The van der Waals surface area contributed by atoms with Gasteiger partial charge in [-0.15, -0.1) is 0 Å². The van der Waals surface area contributed by atoms with Gasteiger partial charge in [-0.1, -0.05) is 16.8 Å². The number of hydrogen-bond acceptors (Lipinski definition) is 6. The fourth-order valence-corrected chi connectivity index (χ4v) is 2.83. The molecule has 24 heavy (non-hydrogen) atoms. The van der Waals surface area contributed by atoms with Crippen LogP contribution in [0.1, 0.15) is 12.8 Å². The average molecular weight is 346 g/mol. The van der Waals surface area contributed by atoms with E-state index in [-0.39, 0.29) is 6.10 Å². The van der Waals surface area contributed by atoms with Gasteiger partial charge in [0.15, 0.2) is 0 Å². The van der Waals surface area contributed by atoms with E-state index < -0.39 is 0 Å². The first-order chi connectivity index (χ1) is 11.8. The number of halogens is 1. The number of benzene rings is 1. The molecule has 1 unspecified atom stereocenters. The number of ether oxygens (including phenoxy) is 1. The third-order valence-electron chi connectivity index (χ3n) is 3.90. The number of H-pyrrole nitrogens is 1. The summed E-state index contributed by atoms with van der Waals surface area (Å²) in [6, 6.07) is 7.66. The van der Waals surface area contributed by atoms with Gasteiger partial charge in [0.05, 0.1) is 11.2 Å². The van der Waals surface area contributed by atoms with E-state index in [1.165, 1.54) is 6.20 Å². The Labute approximate surface area is 143 Å². The Morgan fingerprint density at radius 2 is 2.12 bits per heavy atom. The molecule has 0 spiro atoms. The molecule has 0 saturated carbocycles. The summed E-state index contributed by atoms with van der Waals surface area (Å²) in [7, 11) is 0. The number of aromatic nitrogens is 4. The molecule has 2 N–H and O–H groups in total. The fraction of sp³-hybridized carbons (Fsp3) is 0.312. The fourth-order valence-electron chi connectivity index (χ4n) is 2.66. The van der Waals surface area contributed by atoms with Gasteiger partial charge in [0.25, 0.3) is 5.89 Å². The largest absolute Gasteiger partial charge is 0.489 e. The SMILES string of the molecule is Clc1cn[nH]c1-c1nc(-c2ccc(OC3CCCNC3)cc2)no1. The van der Waals surface area contributed by atoms with Gasteiger partial charge >= 0.3 is 0 Å². The van der Waals surface area contributed by atoms with Crippen LogP contribution in [-0.4, -0.2) is 39.5 Å². The Kier molecular flexibility index (Phi) is 4.18. The Balaban J connectivity index is 1.49. The minimum Gasteiger partial charge on any atom is -0.489 e. The molecule has 0 radical (unpaired) electrons. The maximum atomic E-state index is 6.00. The van der Waals surface area contributed by atoms with Crippen molar-refractivity contribution in [3.63, 3.8) is 0 Å². The van der Waals surface area contributed by atoms with Crippen LogP contribution in [0.15, 0.2) is 35.0 Å². The monoisotopic (exact) mass is 345 g/mol. The summed E-state index contributed by atoms with van der Waals surface area (Å²) >= 11 is 6.00. The van der Waals surface area contributed by atoms with Crippen molar-refractivity contribution in [2.75, 3.05) is 13.1 Å². The standard InChI is InChI=1S/C16H16ClN5O2/c17-13-9-19-21-14(13)16-20-15(22-24-16)10-3-5-11(6-4-10)23-12-2-1-7-18-8-12/h3-6,9,12,18H,1-2,7-8H2,(H,19,21). The lowest BCUT2D eigenvalue weighted by molar-refractivity contribution is 0.167. The molecule has 1 fully saturated rings. The predicted octanol–water partition coefficient (Wildman–Crippen LogP) is 2.91. The van der Waals surface area contributed by atoms with Gasteiger partial charge in [-0.3, -0.25) is 5.10 Å². The summed E-state index contributed by atoms with van der Waals surface area (Å²) in [5.41, 5.74) is 1.36. The van der Waals surface area contributed by atoms with Crippen molar-refractivity contribution in [2.24, 2.45) is 0 Å². The minimum absolute atomic E-state index is 0.226. The zero-order valence-electron chi connectivity index (χ0n) is 12.8. The molecule has 8 heteroatoms. The Hall–Kier alpha value is -2.38. The lowest BCUT2D eigenvalue weighted by atomic mass is 10.1. The molecular weight excluding hydrogens is 330 g/mol. The van der Waals surface area contributed by atoms with Crippen LogP contribution in [0, 0.1) is 0 Å². The lowest BCUT2D eigenvalue weighted by Gasteiger charge is -2.23. The first kappa shape index (κ1) is 15.2.